The van der Waals surface area contributed by atoms with E-state index >= 15 is 0 Å². The fraction of sp³-hybridized carbons (Fsp3) is 0.533. The largest absolute Gasteiger partial charge is 0.342 e. The van der Waals surface area contributed by atoms with E-state index < -0.39 is 15.1 Å². The molecular formula is C15H21NO3S. The van der Waals surface area contributed by atoms with Crippen LogP contribution in [0.25, 0.3) is 0 Å². The topological polar surface area (TPSA) is 54.5 Å². The first-order valence-corrected chi connectivity index (χ1v) is 8.80. The van der Waals surface area contributed by atoms with Crippen LogP contribution in [0.15, 0.2) is 30.3 Å². The first-order chi connectivity index (χ1) is 9.54. The summed E-state index contributed by atoms with van der Waals surface area (Å²) in [6.07, 6.45) is 1.78. The fourth-order valence-electron chi connectivity index (χ4n) is 2.61. The van der Waals surface area contributed by atoms with Gasteiger partial charge in [0.15, 0.2) is 9.84 Å². The number of nitrogens with zero attached hydrogens (tertiary/aromatic N) is 1. The molecule has 1 saturated heterocycles. The molecule has 1 heterocycles. The molecule has 0 saturated carbocycles. The average Bonchev–Trinajstić information content (AvgIpc) is 2.58. The summed E-state index contributed by atoms with van der Waals surface area (Å²) >= 11 is 0. The standard InChI is InChI=1S/C15H21NO3S/c1-2-6-15(17)16-10-9-14(20(18,19)12-11-16)13-7-4-3-5-8-13/h3-5,7-8,14H,2,6,9-12H2,1H3. The van der Waals surface area contributed by atoms with E-state index in [1.807, 2.05) is 37.3 Å². The third-order valence-corrected chi connectivity index (χ3v) is 5.85. The lowest BCUT2D eigenvalue weighted by molar-refractivity contribution is -0.131. The van der Waals surface area contributed by atoms with Crippen LogP contribution >= 0.6 is 0 Å². The van der Waals surface area contributed by atoms with Gasteiger partial charge in [0.05, 0.1) is 11.0 Å². The summed E-state index contributed by atoms with van der Waals surface area (Å²) in [5.41, 5.74) is 0.831. The van der Waals surface area contributed by atoms with E-state index in [0.29, 0.717) is 25.9 Å². The van der Waals surface area contributed by atoms with Crippen LogP contribution in [0.1, 0.15) is 37.0 Å². The van der Waals surface area contributed by atoms with Crippen molar-refractivity contribution in [2.45, 2.75) is 31.4 Å². The van der Waals surface area contributed by atoms with Crippen molar-refractivity contribution in [3.63, 3.8) is 0 Å². The Hall–Kier alpha value is -1.36. The van der Waals surface area contributed by atoms with Crippen molar-refractivity contribution < 1.29 is 13.2 Å². The molecule has 0 aromatic heterocycles. The minimum Gasteiger partial charge on any atom is -0.342 e. The number of sulfone groups is 1. The average molecular weight is 295 g/mol. The van der Waals surface area contributed by atoms with Crippen LogP contribution in [0.4, 0.5) is 0 Å². The Balaban J connectivity index is 2.18. The van der Waals surface area contributed by atoms with Crippen LogP contribution in [0.3, 0.4) is 0 Å². The number of hydrogen-bond acceptors (Lipinski definition) is 3. The van der Waals surface area contributed by atoms with Gasteiger partial charge in [0.2, 0.25) is 5.91 Å². The Morgan fingerprint density at radius 3 is 2.60 bits per heavy atom. The van der Waals surface area contributed by atoms with E-state index in [1.165, 1.54) is 0 Å². The minimum absolute atomic E-state index is 0.0576. The molecule has 0 radical (unpaired) electrons. The lowest BCUT2D eigenvalue weighted by atomic mass is 10.1. The van der Waals surface area contributed by atoms with Gasteiger partial charge in [-0.3, -0.25) is 4.79 Å². The fourth-order valence-corrected chi connectivity index (χ4v) is 4.40. The Kier molecular flexibility index (Phi) is 4.81. The van der Waals surface area contributed by atoms with Gasteiger partial charge in [0.25, 0.3) is 0 Å². The van der Waals surface area contributed by atoms with Crippen molar-refractivity contribution >= 4 is 15.7 Å². The van der Waals surface area contributed by atoms with E-state index in [1.54, 1.807) is 4.90 Å². The van der Waals surface area contributed by atoms with Gasteiger partial charge < -0.3 is 4.90 Å². The van der Waals surface area contributed by atoms with Crippen molar-refractivity contribution in [1.82, 2.24) is 4.90 Å². The molecule has 2 rings (SSSR count). The zero-order valence-corrected chi connectivity index (χ0v) is 12.6. The van der Waals surface area contributed by atoms with Gasteiger partial charge in [-0.05, 0) is 18.4 Å². The Labute approximate surface area is 120 Å². The maximum atomic E-state index is 12.4. The van der Waals surface area contributed by atoms with Crippen LogP contribution in [-0.4, -0.2) is 38.1 Å². The first kappa shape index (κ1) is 15.0. The first-order valence-electron chi connectivity index (χ1n) is 7.09. The quantitative estimate of drug-likeness (QED) is 0.859. The number of carbonyl (C=O) groups is 1. The second-order valence-electron chi connectivity index (χ2n) is 5.19. The lowest BCUT2D eigenvalue weighted by Gasteiger charge is -2.19. The molecule has 1 atom stereocenters. The van der Waals surface area contributed by atoms with Crippen LogP contribution < -0.4 is 0 Å². The third kappa shape index (κ3) is 3.39. The highest BCUT2D eigenvalue weighted by Gasteiger charge is 2.32. The molecule has 20 heavy (non-hydrogen) atoms. The number of hydrogen-bond donors (Lipinski definition) is 0. The van der Waals surface area contributed by atoms with Gasteiger partial charge in [0.1, 0.15) is 0 Å². The van der Waals surface area contributed by atoms with Gasteiger partial charge in [-0.25, -0.2) is 8.42 Å². The molecule has 4 nitrogen and oxygen atoms in total. The molecular weight excluding hydrogens is 274 g/mol. The van der Waals surface area contributed by atoms with Crippen LogP contribution in [0.2, 0.25) is 0 Å². The van der Waals surface area contributed by atoms with Gasteiger partial charge in [-0.1, -0.05) is 37.3 Å². The molecule has 0 aliphatic carbocycles. The molecule has 1 aromatic rings. The minimum atomic E-state index is -3.19. The summed E-state index contributed by atoms with van der Waals surface area (Å²) in [5.74, 6) is 0.124. The van der Waals surface area contributed by atoms with Crippen molar-refractivity contribution in [2.24, 2.45) is 0 Å². The number of benzene rings is 1. The normalized spacial score (nSPS) is 22.2. The van der Waals surface area contributed by atoms with Gasteiger partial charge in [-0.2, -0.15) is 0 Å². The van der Waals surface area contributed by atoms with E-state index in [0.717, 1.165) is 12.0 Å². The number of amides is 1. The summed E-state index contributed by atoms with van der Waals surface area (Å²) in [6.45, 7) is 2.81. The summed E-state index contributed by atoms with van der Waals surface area (Å²) in [7, 11) is -3.19. The molecule has 1 aromatic carbocycles. The SMILES string of the molecule is CCCC(=O)N1CCC(c2ccccc2)S(=O)(=O)CC1. The Morgan fingerprint density at radius 1 is 1.25 bits per heavy atom. The Morgan fingerprint density at radius 2 is 1.95 bits per heavy atom. The second kappa shape index (κ2) is 6.39. The molecule has 1 fully saturated rings. The van der Waals surface area contributed by atoms with Gasteiger partial charge in [0, 0.05) is 19.5 Å². The highest BCUT2D eigenvalue weighted by Crippen LogP contribution is 2.29. The summed E-state index contributed by atoms with van der Waals surface area (Å²) in [5, 5.41) is -0.483. The van der Waals surface area contributed by atoms with E-state index in [9.17, 15) is 13.2 Å². The third-order valence-electron chi connectivity index (χ3n) is 3.73. The molecule has 1 aliphatic rings. The van der Waals surface area contributed by atoms with E-state index in [-0.39, 0.29) is 11.7 Å². The molecule has 0 N–H and O–H groups in total. The number of carbonyl (C=O) groups excluding carboxylic acids is 1. The lowest BCUT2D eigenvalue weighted by Crippen LogP contribution is -2.33. The van der Waals surface area contributed by atoms with Crippen LogP contribution in [0.5, 0.6) is 0 Å². The summed E-state index contributed by atoms with van der Waals surface area (Å²) in [6, 6.07) is 9.30. The Bertz CT molecular complexity index is 554. The van der Waals surface area contributed by atoms with E-state index in [4.69, 9.17) is 0 Å². The molecule has 1 unspecified atom stereocenters. The molecule has 1 amide bonds. The van der Waals surface area contributed by atoms with E-state index in [2.05, 4.69) is 0 Å². The molecule has 1 aliphatic heterocycles. The van der Waals surface area contributed by atoms with Crippen molar-refractivity contribution in [2.75, 3.05) is 18.8 Å². The predicted molar refractivity (Wildman–Crippen MR) is 79.1 cm³/mol. The maximum absolute atomic E-state index is 12.4. The van der Waals surface area contributed by atoms with Gasteiger partial charge >= 0.3 is 0 Å². The van der Waals surface area contributed by atoms with Crippen molar-refractivity contribution in [3.8, 4) is 0 Å². The van der Waals surface area contributed by atoms with Crippen molar-refractivity contribution in [3.05, 3.63) is 35.9 Å². The molecule has 110 valence electrons. The molecule has 0 bridgehead atoms. The second-order valence-corrected chi connectivity index (χ2v) is 7.49. The zero-order chi connectivity index (χ0) is 14.6. The number of rotatable bonds is 3. The van der Waals surface area contributed by atoms with Gasteiger partial charge in [-0.15, -0.1) is 0 Å². The van der Waals surface area contributed by atoms with Crippen LogP contribution in [0, 0.1) is 0 Å². The molecule has 0 spiro atoms. The monoisotopic (exact) mass is 295 g/mol. The summed E-state index contributed by atoms with van der Waals surface area (Å²) < 4.78 is 24.8. The smallest absolute Gasteiger partial charge is 0.222 e. The predicted octanol–water partition coefficient (Wildman–Crippen LogP) is 2.17. The highest BCUT2D eigenvalue weighted by atomic mass is 32.2. The molecule has 5 heteroatoms. The summed E-state index contributed by atoms with van der Waals surface area (Å²) in [4.78, 5) is 13.6. The van der Waals surface area contributed by atoms with Crippen molar-refractivity contribution in [1.29, 1.82) is 0 Å². The maximum Gasteiger partial charge on any atom is 0.222 e. The van der Waals surface area contributed by atoms with Crippen LogP contribution in [-0.2, 0) is 14.6 Å². The highest BCUT2D eigenvalue weighted by molar-refractivity contribution is 7.91. The zero-order valence-electron chi connectivity index (χ0n) is 11.8.